The molecule has 4 rings (SSSR count). The van der Waals surface area contributed by atoms with E-state index < -0.39 is 0 Å². The van der Waals surface area contributed by atoms with Crippen LogP contribution in [0.15, 0.2) is 41.9 Å². The van der Waals surface area contributed by atoms with E-state index in [2.05, 4.69) is 40.0 Å². The van der Waals surface area contributed by atoms with Gasteiger partial charge in [-0.3, -0.25) is 0 Å². The van der Waals surface area contributed by atoms with Crippen molar-refractivity contribution in [1.29, 1.82) is 5.26 Å². The molecule has 2 aromatic heterocycles. The number of fused-ring (bicyclic) bond motifs is 3. The third-order valence-electron chi connectivity index (χ3n) is 4.11. The van der Waals surface area contributed by atoms with E-state index in [4.69, 9.17) is 10.2 Å². The number of hydrogen-bond acceptors (Lipinski definition) is 5. The second kappa shape index (κ2) is 5.90. The fourth-order valence-electron chi connectivity index (χ4n) is 2.95. The van der Waals surface area contributed by atoms with Crippen molar-refractivity contribution >= 4 is 38.1 Å². The highest BCUT2D eigenvalue weighted by Crippen LogP contribution is 2.33. The van der Waals surface area contributed by atoms with Crippen LogP contribution >= 0.6 is 11.3 Å². The molecule has 0 fully saturated rings. The number of aromatic nitrogens is 1. The third kappa shape index (κ3) is 2.62. The largest absolute Gasteiger partial charge is 0.376 e. The van der Waals surface area contributed by atoms with Crippen molar-refractivity contribution in [3.05, 3.63) is 47.5 Å². The minimum Gasteiger partial charge on any atom is -0.376 e. The average molecular weight is 320 g/mol. The Morgan fingerprint density at radius 2 is 2.26 bits per heavy atom. The first-order chi connectivity index (χ1) is 11.3. The lowest BCUT2D eigenvalue weighted by molar-refractivity contribution is 0.421. The highest BCUT2D eigenvalue weighted by Gasteiger charge is 2.11. The predicted octanol–water partition coefficient (Wildman–Crippen LogP) is 3.95. The molecule has 0 spiro atoms. The summed E-state index contributed by atoms with van der Waals surface area (Å²) in [6.45, 7) is 2.93. The Morgan fingerprint density at radius 1 is 1.30 bits per heavy atom. The molecule has 0 unspecified atom stereocenters. The molecule has 1 aliphatic rings. The van der Waals surface area contributed by atoms with E-state index in [0.29, 0.717) is 5.56 Å². The van der Waals surface area contributed by atoms with Gasteiger partial charge in [0.05, 0.1) is 17.1 Å². The minimum absolute atomic E-state index is 0.647. The molecule has 0 aliphatic carbocycles. The molecule has 1 aliphatic heterocycles. The van der Waals surface area contributed by atoms with Gasteiger partial charge in [-0.1, -0.05) is 12.1 Å². The van der Waals surface area contributed by atoms with E-state index in [-0.39, 0.29) is 0 Å². The molecule has 0 saturated heterocycles. The number of nitriles is 1. The minimum atomic E-state index is 0.647. The fourth-order valence-corrected chi connectivity index (χ4v) is 3.88. The van der Waals surface area contributed by atoms with Gasteiger partial charge in [-0.2, -0.15) is 5.26 Å². The van der Waals surface area contributed by atoms with E-state index in [9.17, 15) is 0 Å². The van der Waals surface area contributed by atoms with Gasteiger partial charge in [0.25, 0.3) is 0 Å². The highest BCUT2D eigenvalue weighted by molar-refractivity contribution is 7.18. The van der Waals surface area contributed by atoms with Crippen LogP contribution in [-0.2, 0) is 0 Å². The Kier molecular flexibility index (Phi) is 3.60. The lowest BCUT2D eigenvalue weighted by atomic mass is 10.1. The number of rotatable bonds is 4. The van der Waals surface area contributed by atoms with E-state index in [1.54, 1.807) is 11.3 Å². The topological polar surface area (TPSA) is 52.0 Å². The van der Waals surface area contributed by atoms with Gasteiger partial charge < -0.3 is 10.2 Å². The normalized spacial score (nSPS) is 13.8. The lowest BCUT2D eigenvalue weighted by Crippen LogP contribution is -2.22. The van der Waals surface area contributed by atoms with Crippen LogP contribution in [0.5, 0.6) is 0 Å². The monoisotopic (exact) mass is 320 g/mol. The van der Waals surface area contributed by atoms with Crippen molar-refractivity contribution in [3.8, 4) is 6.07 Å². The molecule has 3 aromatic rings. The highest BCUT2D eigenvalue weighted by atomic mass is 32.1. The lowest BCUT2D eigenvalue weighted by Gasteiger charge is -2.16. The molecular weight excluding hydrogens is 304 g/mol. The van der Waals surface area contributed by atoms with Crippen LogP contribution in [0.1, 0.15) is 12.0 Å². The summed E-state index contributed by atoms with van der Waals surface area (Å²) in [7, 11) is 0. The Bertz CT molecular complexity index is 935. The zero-order chi connectivity index (χ0) is 15.6. The number of thiophene rings is 1. The third-order valence-corrected chi connectivity index (χ3v) is 5.06. The standard InChI is InChI=1S/C18H16N4S/c19-12-13-3-4-14-16(11-13)21-18(15-5-10-23-17(14)15)20-6-9-22-7-1-2-8-22/h1,3-5,7,10-11H,2,6,8-9H2,(H,20,21). The number of benzene rings is 1. The molecule has 4 nitrogen and oxygen atoms in total. The fraction of sp³-hybridized carbons (Fsp3) is 0.222. The SMILES string of the molecule is N#Cc1ccc2c(c1)nc(NCCN1C=CCC1)c1ccsc12. The second-order valence-electron chi connectivity index (χ2n) is 5.60. The molecule has 5 heteroatoms. The van der Waals surface area contributed by atoms with E-state index >= 15 is 0 Å². The molecule has 0 amide bonds. The number of pyridine rings is 1. The summed E-state index contributed by atoms with van der Waals surface area (Å²) in [6, 6.07) is 10.0. The Balaban J connectivity index is 1.67. The molecule has 1 N–H and O–H groups in total. The zero-order valence-electron chi connectivity index (χ0n) is 12.6. The van der Waals surface area contributed by atoms with Gasteiger partial charge in [0.15, 0.2) is 0 Å². The second-order valence-corrected chi connectivity index (χ2v) is 6.52. The van der Waals surface area contributed by atoms with Crippen molar-refractivity contribution in [1.82, 2.24) is 9.88 Å². The van der Waals surface area contributed by atoms with Crippen LogP contribution < -0.4 is 5.32 Å². The summed E-state index contributed by atoms with van der Waals surface area (Å²) in [5, 5.41) is 16.9. The van der Waals surface area contributed by atoms with E-state index in [1.165, 1.54) is 4.70 Å². The van der Waals surface area contributed by atoms with Crippen LogP contribution in [0.2, 0.25) is 0 Å². The Labute approximate surface area is 138 Å². The summed E-state index contributed by atoms with van der Waals surface area (Å²) >= 11 is 1.72. The summed E-state index contributed by atoms with van der Waals surface area (Å²) in [5.41, 5.74) is 1.52. The van der Waals surface area contributed by atoms with Gasteiger partial charge in [0, 0.05) is 35.1 Å². The Morgan fingerprint density at radius 3 is 3.09 bits per heavy atom. The van der Waals surface area contributed by atoms with Gasteiger partial charge in [-0.15, -0.1) is 11.3 Å². The predicted molar refractivity (Wildman–Crippen MR) is 95.7 cm³/mol. The summed E-state index contributed by atoms with van der Waals surface area (Å²) in [4.78, 5) is 7.07. The summed E-state index contributed by atoms with van der Waals surface area (Å²) in [6.07, 6.45) is 5.50. The van der Waals surface area contributed by atoms with Gasteiger partial charge in [0.2, 0.25) is 0 Å². The van der Waals surface area contributed by atoms with Crippen LogP contribution in [0.25, 0.3) is 21.0 Å². The number of anilines is 1. The van der Waals surface area contributed by atoms with Gasteiger partial charge in [-0.25, -0.2) is 4.98 Å². The molecule has 0 bridgehead atoms. The maximum atomic E-state index is 9.10. The van der Waals surface area contributed by atoms with E-state index in [0.717, 1.165) is 48.2 Å². The van der Waals surface area contributed by atoms with Crippen molar-refractivity contribution < 1.29 is 0 Å². The first kappa shape index (κ1) is 14.0. The molecule has 1 aromatic carbocycles. The van der Waals surface area contributed by atoms with Crippen molar-refractivity contribution in [2.24, 2.45) is 0 Å². The molecule has 3 heterocycles. The maximum absolute atomic E-state index is 9.10. The van der Waals surface area contributed by atoms with Crippen LogP contribution in [0.3, 0.4) is 0 Å². The molecule has 0 radical (unpaired) electrons. The van der Waals surface area contributed by atoms with Crippen molar-refractivity contribution in [2.45, 2.75) is 6.42 Å². The number of nitrogens with one attached hydrogen (secondary N) is 1. The van der Waals surface area contributed by atoms with Crippen molar-refractivity contribution in [2.75, 3.05) is 25.0 Å². The molecular formula is C18H16N4S. The Hall–Kier alpha value is -2.58. The molecule has 0 atom stereocenters. The van der Waals surface area contributed by atoms with Crippen LogP contribution in [0, 0.1) is 11.3 Å². The zero-order valence-corrected chi connectivity index (χ0v) is 13.4. The first-order valence-corrected chi connectivity index (χ1v) is 8.59. The summed E-state index contributed by atoms with van der Waals surface area (Å²) in [5.74, 6) is 0.909. The van der Waals surface area contributed by atoms with Gasteiger partial charge in [-0.05, 0) is 36.2 Å². The smallest absolute Gasteiger partial charge is 0.135 e. The van der Waals surface area contributed by atoms with Crippen LogP contribution in [0.4, 0.5) is 5.82 Å². The van der Waals surface area contributed by atoms with Crippen molar-refractivity contribution in [3.63, 3.8) is 0 Å². The number of nitrogens with zero attached hydrogens (tertiary/aromatic N) is 3. The summed E-state index contributed by atoms with van der Waals surface area (Å²) < 4.78 is 1.23. The van der Waals surface area contributed by atoms with Gasteiger partial charge >= 0.3 is 0 Å². The van der Waals surface area contributed by atoms with Gasteiger partial charge in [0.1, 0.15) is 5.82 Å². The van der Waals surface area contributed by atoms with E-state index in [1.807, 2.05) is 18.2 Å². The molecule has 114 valence electrons. The quantitative estimate of drug-likeness (QED) is 0.791. The van der Waals surface area contributed by atoms with Crippen LogP contribution in [-0.4, -0.2) is 29.5 Å². The first-order valence-electron chi connectivity index (χ1n) is 7.71. The maximum Gasteiger partial charge on any atom is 0.135 e. The molecule has 23 heavy (non-hydrogen) atoms. The molecule has 0 saturated carbocycles. The average Bonchev–Trinajstić information content (AvgIpc) is 3.26. The number of hydrogen-bond donors (Lipinski definition) is 1.